The third-order valence-corrected chi connectivity index (χ3v) is 3.17. The monoisotopic (exact) mass is 269 g/mol. The van der Waals surface area contributed by atoms with E-state index in [0.29, 0.717) is 11.6 Å². The van der Waals surface area contributed by atoms with Gasteiger partial charge in [-0.1, -0.05) is 12.1 Å². The average molecular weight is 269 g/mol. The van der Waals surface area contributed by atoms with Crippen LogP contribution in [-0.2, 0) is 7.05 Å². The zero-order valence-corrected chi connectivity index (χ0v) is 11.4. The Balaban J connectivity index is 2.33. The second kappa shape index (κ2) is 6.02. The summed E-state index contributed by atoms with van der Waals surface area (Å²) in [5.74, 6) is 0.422. The van der Waals surface area contributed by atoms with Gasteiger partial charge in [0.05, 0.1) is 19.1 Å². The Morgan fingerprint density at radius 2 is 2.15 bits per heavy atom. The molecule has 102 valence electrons. The molecule has 1 heterocycles. The van der Waals surface area contributed by atoms with Gasteiger partial charge in [-0.05, 0) is 17.7 Å². The van der Waals surface area contributed by atoms with Crippen molar-refractivity contribution in [3.63, 3.8) is 0 Å². The van der Waals surface area contributed by atoms with Crippen molar-refractivity contribution >= 4 is 5.78 Å². The highest BCUT2D eigenvalue weighted by Crippen LogP contribution is 2.25. The second-order valence-electron chi connectivity index (χ2n) is 4.41. The van der Waals surface area contributed by atoms with E-state index in [9.17, 15) is 4.79 Å². The fourth-order valence-corrected chi connectivity index (χ4v) is 2.05. The molecule has 0 amide bonds. The number of aromatic nitrogens is 2. The molecular weight excluding hydrogens is 254 g/mol. The summed E-state index contributed by atoms with van der Waals surface area (Å²) in [6.45, 7) is 0. The van der Waals surface area contributed by atoms with Crippen molar-refractivity contribution in [1.29, 1.82) is 5.26 Å². The number of rotatable bonds is 5. The molecule has 0 N–H and O–H groups in total. The van der Waals surface area contributed by atoms with Gasteiger partial charge in [0.1, 0.15) is 5.75 Å². The third-order valence-electron chi connectivity index (χ3n) is 3.17. The number of carbonyl (C=O) groups is 1. The number of aryl methyl sites for hydroxylation is 1. The van der Waals surface area contributed by atoms with Crippen molar-refractivity contribution < 1.29 is 9.53 Å². The Hall–Kier alpha value is -2.61. The number of Topliss-reactive ketones (excluding diaryl/α,β-unsaturated/α-hetero) is 1. The molecule has 20 heavy (non-hydrogen) atoms. The van der Waals surface area contributed by atoms with E-state index in [1.807, 2.05) is 12.1 Å². The van der Waals surface area contributed by atoms with E-state index in [2.05, 4.69) is 11.1 Å². The van der Waals surface area contributed by atoms with Crippen molar-refractivity contribution in [1.82, 2.24) is 9.55 Å². The van der Waals surface area contributed by atoms with Gasteiger partial charge in [0.15, 0.2) is 5.82 Å². The maximum absolute atomic E-state index is 12.5. The summed E-state index contributed by atoms with van der Waals surface area (Å²) in [7, 11) is 3.35. The molecule has 5 nitrogen and oxygen atoms in total. The standard InChI is InChI=1S/C15H15N3O2/c1-18-10-9-17-15(18)14(19)13(7-8-16)11-3-5-12(20-2)6-4-11/h3-6,9-10,13H,7H2,1-2H3. The van der Waals surface area contributed by atoms with E-state index in [1.165, 1.54) is 0 Å². The summed E-state index contributed by atoms with van der Waals surface area (Å²) in [5, 5.41) is 8.96. The minimum atomic E-state index is -0.507. The Labute approximate surface area is 117 Å². The molecule has 1 aromatic heterocycles. The highest BCUT2D eigenvalue weighted by molar-refractivity contribution is 5.98. The minimum absolute atomic E-state index is 0.123. The molecular formula is C15H15N3O2. The molecule has 0 spiro atoms. The lowest BCUT2D eigenvalue weighted by Crippen LogP contribution is -2.17. The molecule has 2 rings (SSSR count). The van der Waals surface area contributed by atoms with Crippen LogP contribution in [0.1, 0.15) is 28.5 Å². The van der Waals surface area contributed by atoms with Crippen LogP contribution >= 0.6 is 0 Å². The van der Waals surface area contributed by atoms with E-state index in [-0.39, 0.29) is 12.2 Å². The van der Waals surface area contributed by atoms with Crippen LogP contribution in [0, 0.1) is 11.3 Å². The molecule has 5 heteroatoms. The highest BCUT2D eigenvalue weighted by Gasteiger charge is 2.24. The summed E-state index contributed by atoms with van der Waals surface area (Å²) < 4.78 is 6.76. The van der Waals surface area contributed by atoms with Crippen LogP contribution in [0.3, 0.4) is 0 Å². The van der Waals surface area contributed by atoms with Gasteiger partial charge in [-0.2, -0.15) is 5.26 Å². The maximum Gasteiger partial charge on any atom is 0.206 e. The molecule has 1 unspecified atom stereocenters. The molecule has 0 radical (unpaired) electrons. The fourth-order valence-electron chi connectivity index (χ4n) is 2.05. The Bertz CT molecular complexity index is 638. The smallest absolute Gasteiger partial charge is 0.206 e. The zero-order valence-electron chi connectivity index (χ0n) is 11.4. The summed E-state index contributed by atoms with van der Waals surface area (Å²) in [5.41, 5.74) is 0.792. The number of hydrogen-bond donors (Lipinski definition) is 0. The van der Waals surface area contributed by atoms with Crippen LogP contribution in [0.15, 0.2) is 36.7 Å². The van der Waals surface area contributed by atoms with Gasteiger partial charge >= 0.3 is 0 Å². The third kappa shape index (κ3) is 2.69. The number of ether oxygens (including phenoxy) is 1. The lowest BCUT2D eigenvalue weighted by atomic mass is 9.91. The SMILES string of the molecule is COc1ccc(C(CC#N)C(=O)c2nccn2C)cc1. The van der Waals surface area contributed by atoms with Crippen LogP contribution in [0.5, 0.6) is 5.75 Å². The lowest BCUT2D eigenvalue weighted by molar-refractivity contribution is 0.0947. The molecule has 2 aromatic rings. The van der Waals surface area contributed by atoms with Crippen molar-refractivity contribution in [2.75, 3.05) is 7.11 Å². The first-order valence-corrected chi connectivity index (χ1v) is 6.19. The number of methoxy groups -OCH3 is 1. The van der Waals surface area contributed by atoms with Crippen molar-refractivity contribution in [2.45, 2.75) is 12.3 Å². The molecule has 0 aliphatic carbocycles. The number of ketones is 1. The predicted molar refractivity (Wildman–Crippen MR) is 73.5 cm³/mol. The Morgan fingerprint density at radius 1 is 1.45 bits per heavy atom. The molecule has 0 saturated carbocycles. The number of nitrogens with zero attached hydrogens (tertiary/aromatic N) is 3. The zero-order chi connectivity index (χ0) is 14.5. The van der Waals surface area contributed by atoms with E-state index < -0.39 is 5.92 Å². The molecule has 1 atom stereocenters. The van der Waals surface area contributed by atoms with Gasteiger partial charge < -0.3 is 9.30 Å². The first-order valence-electron chi connectivity index (χ1n) is 6.19. The van der Waals surface area contributed by atoms with E-state index in [4.69, 9.17) is 10.00 Å². The fraction of sp³-hybridized carbons (Fsp3) is 0.267. The molecule has 0 aliphatic heterocycles. The van der Waals surface area contributed by atoms with Gasteiger partial charge in [-0.25, -0.2) is 4.98 Å². The summed E-state index contributed by atoms with van der Waals surface area (Å²) in [6.07, 6.45) is 3.41. The molecule has 0 aliphatic rings. The number of hydrogen-bond acceptors (Lipinski definition) is 4. The quantitative estimate of drug-likeness (QED) is 0.781. The molecule has 0 saturated heterocycles. The van der Waals surface area contributed by atoms with E-state index in [0.717, 1.165) is 5.56 Å². The van der Waals surface area contributed by atoms with Gasteiger partial charge in [0.2, 0.25) is 5.78 Å². The number of imidazole rings is 1. The van der Waals surface area contributed by atoms with Crippen LogP contribution in [0.2, 0.25) is 0 Å². The second-order valence-corrected chi connectivity index (χ2v) is 4.41. The Morgan fingerprint density at radius 3 is 2.65 bits per heavy atom. The number of nitriles is 1. The molecule has 0 bridgehead atoms. The topological polar surface area (TPSA) is 67.9 Å². The number of carbonyl (C=O) groups excluding carboxylic acids is 1. The first kappa shape index (κ1) is 13.8. The van der Waals surface area contributed by atoms with E-state index >= 15 is 0 Å². The average Bonchev–Trinajstić information content (AvgIpc) is 2.90. The normalized spacial score (nSPS) is 11.7. The van der Waals surface area contributed by atoms with Crippen LogP contribution < -0.4 is 4.74 Å². The summed E-state index contributed by atoms with van der Waals surface area (Å²) >= 11 is 0. The van der Waals surface area contributed by atoms with Crippen molar-refractivity contribution in [2.24, 2.45) is 7.05 Å². The van der Waals surface area contributed by atoms with Crippen molar-refractivity contribution in [3.05, 3.63) is 48.0 Å². The predicted octanol–water partition coefficient (Wildman–Crippen LogP) is 2.31. The van der Waals surface area contributed by atoms with Crippen LogP contribution in [-0.4, -0.2) is 22.4 Å². The maximum atomic E-state index is 12.5. The van der Waals surface area contributed by atoms with Gasteiger partial charge in [0, 0.05) is 25.9 Å². The van der Waals surface area contributed by atoms with Gasteiger partial charge in [0.25, 0.3) is 0 Å². The van der Waals surface area contributed by atoms with Crippen molar-refractivity contribution in [3.8, 4) is 11.8 Å². The molecule has 1 aromatic carbocycles. The summed E-state index contributed by atoms with van der Waals surface area (Å²) in [4.78, 5) is 16.6. The lowest BCUT2D eigenvalue weighted by Gasteiger charge is -2.13. The van der Waals surface area contributed by atoms with Crippen LogP contribution in [0.25, 0.3) is 0 Å². The largest absolute Gasteiger partial charge is 0.497 e. The van der Waals surface area contributed by atoms with Gasteiger partial charge in [-0.3, -0.25) is 4.79 Å². The number of benzene rings is 1. The minimum Gasteiger partial charge on any atom is -0.497 e. The molecule has 0 fully saturated rings. The summed E-state index contributed by atoms with van der Waals surface area (Å²) in [6, 6.07) is 9.25. The van der Waals surface area contributed by atoms with Crippen LogP contribution in [0.4, 0.5) is 0 Å². The van der Waals surface area contributed by atoms with Gasteiger partial charge in [-0.15, -0.1) is 0 Å². The highest BCUT2D eigenvalue weighted by atomic mass is 16.5. The Kier molecular flexibility index (Phi) is 4.16. The van der Waals surface area contributed by atoms with E-state index in [1.54, 1.807) is 43.3 Å². The first-order chi connectivity index (χ1) is 9.67.